The van der Waals surface area contributed by atoms with Crippen LogP contribution in [0.15, 0.2) is 68.6 Å². The van der Waals surface area contributed by atoms with Gasteiger partial charge in [0.25, 0.3) is 0 Å². The zero-order valence-electron chi connectivity index (χ0n) is 17.9. The number of nitrogens with zero attached hydrogens (tertiary/aromatic N) is 4. The summed E-state index contributed by atoms with van der Waals surface area (Å²) in [5.41, 5.74) is -1.39. The maximum atomic E-state index is 11.3. The zero-order valence-corrected chi connectivity index (χ0v) is 25.6. The van der Waals surface area contributed by atoms with Crippen molar-refractivity contribution in [3.05, 3.63) is 54.2 Å². The molecule has 0 spiro atoms. The number of azo groups is 1. The van der Waals surface area contributed by atoms with E-state index in [2.05, 4.69) is 15.3 Å². The van der Waals surface area contributed by atoms with E-state index in [1.54, 1.807) is 0 Å². The first-order valence-corrected chi connectivity index (χ1v) is 10.8. The van der Waals surface area contributed by atoms with Crippen LogP contribution in [0.3, 0.4) is 0 Å². The van der Waals surface area contributed by atoms with Crippen molar-refractivity contribution in [2.24, 2.45) is 10.2 Å². The molecular formula is C16H12AlN4Na3O9S2. The second-order valence-corrected chi connectivity index (χ2v) is 8.58. The van der Waals surface area contributed by atoms with Crippen LogP contribution in [-0.2, 0) is 20.2 Å². The van der Waals surface area contributed by atoms with Crippen molar-refractivity contribution in [2.75, 3.05) is 0 Å². The molecule has 1 heterocycles. The van der Waals surface area contributed by atoms with Crippen molar-refractivity contribution in [3.63, 3.8) is 0 Å². The summed E-state index contributed by atoms with van der Waals surface area (Å²) >= 11 is 0. The van der Waals surface area contributed by atoms with Crippen LogP contribution in [-0.4, -0.2) is 64.2 Å². The van der Waals surface area contributed by atoms with Crippen molar-refractivity contribution in [2.45, 2.75) is 9.79 Å². The van der Waals surface area contributed by atoms with Crippen LogP contribution >= 0.6 is 0 Å². The summed E-state index contributed by atoms with van der Waals surface area (Å²) in [5.74, 6) is -2.60. The van der Waals surface area contributed by atoms with Crippen LogP contribution in [0.1, 0.15) is 10.5 Å². The molecule has 0 saturated heterocycles. The molecule has 13 nitrogen and oxygen atoms in total. The summed E-state index contributed by atoms with van der Waals surface area (Å²) in [6, 6.07) is 8.23. The first-order chi connectivity index (χ1) is 14.4. The Kier molecular flexibility index (Phi) is 15.6. The van der Waals surface area contributed by atoms with Gasteiger partial charge in [-0.1, -0.05) is 0 Å². The Balaban J connectivity index is 0. The number of aromatic hydroxyl groups is 1. The summed E-state index contributed by atoms with van der Waals surface area (Å²) in [7, 11) is -9.39. The fraction of sp³-hybridized carbons (Fsp3) is 0. The van der Waals surface area contributed by atoms with E-state index >= 15 is 0 Å². The van der Waals surface area contributed by atoms with Gasteiger partial charge in [-0.15, -0.1) is 5.11 Å². The molecule has 0 fully saturated rings. The number of carboxylic acids is 1. The van der Waals surface area contributed by atoms with Gasteiger partial charge in [0.15, 0.2) is 23.0 Å². The van der Waals surface area contributed by atoms with Gasteiger partial charge in [-0.25, -0.2) is 16.8 Å². The molecule has 0 atom stereocenters. The summed E-state index contributed by atoms with van der Waals surface area (Å²) in [4.78, 5) is 10.3. The number of aromatic nitrogens is 2. The van der Waals surface area contributed by atoms with Crippen LogP contribution in [0.25, 0.3) is 5.69 Å². The second kappa shape index (κ2) is 14.7. The topological polar surface area (TPSA) is 217 Å². The van der Waals surface area contributed by atoms with Crippen molar-refractivity contribution < 1.29 is 130 Å². The summed E-state index contributed by atoms with van der Waals surface area (Å²) in [5, 5.41) is 32.6. The molecule has 0 aliphatic heterocycles. The first kappa shape index (κ1) is 37.0. The fourth-order valence-corrected chi connectivity index (χ4v) is 3.29. The number of carbonyl (C=O) groups is 1. The average Bonchev–Trinajstić information content (AvgIpc) is 3.02. The number of aromatic carboxylic acids is 1. The molecule has 168 valence electrons. The third-order valence-corrected chi connectivity index (χ3v) is 5.49. The van der Waals surface area contributed by atoms with Gasteiger partial charge in [0.1, 0.15) is 25.9 Å². The van der Waals surface area contributed by atoms with Gasteiger partial charge in [0.2, 0.25) is 5.88 Å². The maximum absolute atomic E-state index is 11.3. The van der Waals surface area contributed by atoms with Crippen molar-refractivity contribution in [1.29, 1.82) is 0 Å². The molecule has 0 saturated carbocycles. The first-order valence-electron chi connectivity index (χ1n) is 7.95. The third kappa shape index (κ3) is 9.29. The average molecular weight is 564 g/mol. The van der Waals surface area contributed by atoms with Crippen molar-refractivity contribution in [1.82, 2.24) is 9.78 Å². The number of hydrogen-bond acceptors (Lipinski definition) is 12. The van der Waals surface area contributed by atoms with E-state index in [-0.39, 0.29) is 117 Å². The van der Waals surface area contributed by atoms with Gasteiger partial charge < -0.3 is 24.1 Å². The summed E-state index contributed by atoms with van der Waals surface area (Å²) < 4.78 is 66.5. The largest absolute Gasteiger partial charge is 1.00 e. The Bertz CT molecular complexity index is 1410. The van der Waals surface area contributed by atoms with Crippen molar-refractivity contribution >= 4 is 54.9 Å². The Morgan fingerprint density at radius 3 is 1.66 bits per heavy atom. The SMILES string of the molecule is O=C([O-])c1nn(-c2ccc(S(=O)(=O)[O-])cc2)c(O)c1/N=N/c1ccc(S(=O)(=O)[O-])cc1.[AlH3].[Na+].[Na+].[Na+]. The molecule has 1 N–H and O–H groups in total. The van der Waals surface area contributed by atoms with E-state index in [1.165, 1.54) is 0 Å². The molecule has 0 aliphatic rings. The van der Waals surface area contributed by atoms with Gasteiger partial charge in [-0.05, 0) is 48.5 Å². The normalized spacial score (nSPS) is 10.9. The van der Waals surface area contributed by atoms with Crippen LogP contribution in [0, 0.1) is 0 Å². The monoisotopic (exact) mass is 564 g/mol. The third-order valence-electron chi connectivity index (χ3n) is 3.79. The summed E-state index contributed by atoms with van der Waals surface area (Å²) in [6.07, 6.45) is 0. The Labute approximate surface area is 276 Å². The molecule has 3 rings (SSSR count). The molecule has 0 bridgehead atoms. The van der Waals surface area contributed by atoms with Crippen LogP contribution in [0.2, 0.25) is 0 Å². The van der Waals surface area contributed by atoms with Crippen molar-refractivity contribution in [3.8, 4) is 11.6 Å². The molecule has 35 heavy (non-hydrogen) atoms. The minimum atomic E-state index is -4.72. The van der Waals surface area contributed by atoms with Gasteiger partial charge in [-0.3, -0.25) is 0 Å². The number of carbonyl (C=O) groups excluding carboxylic acids is 1. The van der Waals surface area contributed by atoms with E-state index in [0.29, 0.717) is 4.68 Å². The molecule has 0 aliphatic carbocycles. The molecule has 19 heteroatoms. The zero-order chi connectivity index (χ0) is 23.0. The smallest absolute Gasteiger partial charge is 0.744 e. The quantitative estimate of drug-likeness (QED) is 0.169. The molecule has 2 aromatic carbocycles. The Morgan fingerprint density at radius 1 is 0.829 bits per heavy atom. The number of rotatable bonds is 6. The molecule has 3 aromatic rings. The predicted molar refractivity (Wildman–Crippen MR) is 106 cm³/mol. The van der Waals surface area contributed by atoms with Crippen LogP contribution in [0.5, 0.6) is 5.88 Å². The van der Waals surface area contributed by atoms with E-state index in [9.17, 15) is 40.9 Å². The minimum absolute atomic E-state index is 0. The van der Waals surface area contributed by atoms with E-state index < -0.39 is 53.3 Å². The maximum Gasteiger partial charge on any atom is 1.00 e. The minimum Gasteiger partial charge on any atom is -0.744 e. The Hall–Kier alpha value is -0.128. The van der Waals surface area contributed by atoms with Gasteiger partial charge in [-0.2, -0.15) is 14.9 Å². The second-order valence-electron chi connectivity index (χ2n) is 5.82. The van der Waals surface area contributed by atoms with Gasteiger partial charge in [0, 0.05) is 0 Å². The van der Waals surface area contributed by atoms with Gasteiger partial charge in [0.05, 0.1) is 27.1 Å². The van der Waals surface area contributed by atoms with Gasteiger partial charge >= 0.3 is 88.7 Å². The number of hydrogen-bond donors (Lipinski definition) is 1. The molecule has 0 amide bonds. The molecule has 0 unspecified atom stereocenters. The van der Waals surface area contributed by atoms with Crippen LogP contribution < -0.4 is 93.8 Å². The molecular weight excluding hydrogens is 552 g/mol. The summed E-state index contributed by atoms with van der Waals surface area (Å²) in [6.45, 7) is 0. The molecule has 0 radical (unpaired) electrons. The van der Waals surface area contributed by atoms with E-state index in [1.807, 2.05) is 0 Å². The number of carboxylic acid groups (broad SMARTS) is 1. The Morgan fingerprint density at radius 2 is 1.26 bits per heavy atom. The standard InChI is InChI=1S/C16H12N4O9S2.Al.3Na.3H/c21-15-13(18-17-9-1-5-11(6-2-9)30(24,25)26)14(16(22)23)19-20(15)10-3-7-12(8-4-10)31(27,28)29;;;;;;;/h1-8,21H,(H,22,23)(H,24,25,26)(H,27,28,29);;;;;;;/q;;3*+1;;;/p-3/b18-17+;;;;;;;. The molecule has 1 aromatic heterocycles. The van der Waals surface area contributed by atoms with E-state index in [4.69, 9.17) is 0 Å². The van der Waals surface area contributed by atoms with E-state index in [0.717, 1.165) is 48.5 Å². The van der Waals surface area contributed by atoms with Crippen LogP contribution in [0.4, 0.5) is 11.4 Å². The fourth-order valence-electron chi connectivity index (χ4n) is 2.35. The predicted octanol–water partition coefficient (Wildman–Crippen LogP) is -10.0. The number of benzene rings is 2.